The van der Waals surface area contributed by atoms with Gasteiger partial charge in [-0.25, -0.2) is 9.78 Å². The molecule has 0 aliphatic heterocycles. The first kappa shape index (κ1) is 21.4. The van der Waals surface area contributed by atoms with Crippen LogP contribution < -0.4 is 20.1 Å². The number of amides is 1. The molecule has 0 saturated carbocycles. The van der Waals surface area contributed by atoms with Crippen LogP contribution >= 0.6 is 0 Å². The van der Waals surface area contributed by atoms with Crippen LogP contribution in [0.5, 0.6) is 11.5 Å². The second kappa shape index (κ2) is 9.47. The number of aromatic nitrogens is 4. The summed E-state index contributed by atoms with van der Waals surface area (Å²) < 4.78 is 17.8. The van der Waals surface area contributed by atoms with Crippen molar-refractivity contribution >= 4 is 28.6 Å². The zero-order valence-corrected chi connectivity index (χ0v) is 18.0. The van der Waals surface area contributed by atoms with Crippen molar-refractivity contribution in [2.24, 2.45) is 0 Å². The molecule has 2 N–H and O–H groups in total. The Labute approximate surface area is 174 Å². The van der Waals surface area contributed by atoms with Crippen molar-refractivity contribution in [3.63, 3.8) is 0 Å². The SMILES string of the molecule is COc1cc2nc(NCCCCNC(=O)OC(C)C)c3nnc(C)n3c2cc1OC. The van der Waals surface area contributed by atoms with Gasteiger partial charge in [0.1, 0.15) is 5.82 Å². The Bertz CT molecular complexity index is 1030. The quantitative estimate of drug-likeness (QED) is 0.512. The van der Waals surface area contributed by atoms with Gasteiger partial charge < -0.3 is 24.8 Å². The molecule has 2 heterocycles. The lowest BCUT2D eigenvalue weighted by atomic mass is 10.2. The van der Waals surface area contributed by atoms with Gasteiger partial charge in [-0.05, 0) is 33.6 Å². The molecule has 0 unspecified atom stereocenters. The van der Waals surface area contributed by atoms with E-state index in [9.17, 15) is 4.79 Å². The molecule has 10 heteroatoms. The molecular weight excluding hydrogens is 388 g/mol. The first-order valence-corrected chi connectivity index (χ1v) is 9.90. The summed E-state index contributed by atoms with van der Waals surface area (Å²) in [5.74, 6) is 2.61. The average molecular weight is 416 g/mol. The van der Waals surface area contributed by atoms with E-state index in [2.05, 4.69) is 20.8 Å². The van der Waals surface area contributed by atoms with Crippen LogP contribution in [0.3, 0.4) is 0 Å². The van der Waals surface area contributed by atoms with Crippen molar-refractivity contribution < 1.29 is 19.0 Å². The topological polar surface area (TPSA) is 112 Å². The largest absolute Gasteiger partial charge is 0.493 e. The van der Waals surface area contributed by atoms with E-state index in [1.807, 2.05) is 37.3 Å². The van der Waals surface area contributed by atoms with E-state index < -0.39 is 0 Å². The van der Waals surface area contributed by atoms with Crippen LogP contribution in [-0.2, 0) is 4.74 Å². The number of methoxy groups -OCH3 is 2. The monoisotopic (exact) mass is 416 g/mol. The van der Waals surface area contributed by atoms with Crippen LogP contribution in [0.4, 0.5) is 10.6 Å². The maximum absolute atomic E-state index is 11.5. The Morgan fingerprint density at radius 1 is 1.10 bits per heavy atom. The normalized spacial score (nSPS) is 11.1. The van der Waals surface area contributed by atoms with Crippen molar-refractivity contribution in [1.29, 1.82) is 0 Å². The van der Waals surface area contributed by atoms with Gasteiger partial charge in [0.2, 0.25) is 5.65 Å². The lowest BCUT2D eigenvalue weighted by molar-refractivity contribution is 0.115. The van der Waals surface area contributed by atoms with Gasteiger partial charge in [0.05, 0.1) is 31.4 Å². The van der Waals surface area contributed by atoms with Crippen molar-refractivity contribution in [2.75, 3.05) is 32.6 Å². The van der Waals surface area contributed by atoms with E-state index in [4.69, 9.17) is 19.2 Å². The number of benzene rings is 1. The summed E-state index contributed by atoms with van der Waals surface area (Å²) in [7, 11) is 3.19. The molecule has 1 aromatic carbocycles. The zero-order chi connectivity index (χ0) is 21.7. The minimum Gasteiger partial charge on any atom is -0.493 e. The first-order valence-electron chi connectivity index (χ1n) is 9.90. The van der Waals surface area contributed by atoms with Gasteiger partial charge in [-0.3, -0.25) is 4.40 Å². The third-order valence-corrected chi connectivity index (χ3v) is 4.50. The Hall–Kier alpha value is -3.30. The number of anilines is 1. The number of alkyl carbamates (subject to hydrolysis) is 1. The molecule has 0 bridgehead atoms. The highest BCUT2D eigenvalue weighted by Gasteiger charge is 2.16. The number of hydrogen-bond acceptors (Lipinski definition) is 8. The van der Waals surface area contributed by atoms with Crippen LogP contribution in [0.2, 0.25) is 0 Å². The summed E-state index contributed by atoms with van der Waals surface area (Å²) >= 11 is 0. The molecule has 162 valence electrons. The number of carbonyl (C=O) groups is 1. The van der Waals surface area contributed by atoms with E-state index in [1.165, 1.54) is 0 Å². The fourth-order valence-corrected chi connectivity index (χ4v) is 3.12. The van der Waals surface area contributed by atoms with Crippen molar-refractivity contribution in [2.45, 2.75) is 39.7 Å². The van der Waals surface area contributed by atoms with E-state index in [0.29, 0.717) is 36.1 Å². The van der Waals surface area contributed by atoms with Crippen LogP contribution in [0.15, 0.2) is 12.1 Å². The maximum atomic E-state index is 11.5. The zero-order valence-electron chi connectivity index (χ0n) is 18.0. The molecule has 10 nitrogen and oxygen atoms in total. The number of ether oxygens (including phenoxy) is 3. The smallest absolute Gasteiger partial charge is 0.407 e. The van der Waals surface area contributed by atoms with E-state index >= 15 is 0 Å². The summed E-state index contributed by atoms with van der Waals surface area (Å²) in [6, 6.07) is 3.71. The summed E-state index contributed by atoms with van der Waals surface area (Å²) in [6.07, 6.45) is 1.13. The molecule has 0 atom stereocenters. The summed E-state index contributed by atoms with van der Waals surface area (Å²) in [6.45, 7) is 6.75. The van der Waals surface area contributed by atoms with Crippen LogP contribution in [0.25, 0.3) is 16.7 Å². The molecule has 2 aromatic heterocycles. The number of nitrogens with zero attached hydrogens (tertiary/aromatic N) is 4. The highest BCUT2D eigenvalue weighted by Crippen LogP contribution is 2.33. The highest BCUT2D eigenvalue weighted by molar-refractivity contribution is 5.85. The molecule has 0 saturated heterocycles. The number of rotatable bonds is 9. The molecule has 1 amide bonds. The number of aryl methyl sites for hydroxylation is 1. The van der Waals surface area contributed by atoms with Crippen LogP contribution in [0, 0.1) is 6.92 Å². The Kier molecular flexibility index (Phi) is 6.76. The van der Waals surface area contributed by atoms with Gasteiger partial charge >= 0.3 is 6.09 Å². The summed E-state index contributed by atoms with van der Waals surface area (Å²) in [5.41, 5.74) is 2.22. The predicted molar refractivity (Wildman–Crippen MR) is 113 cm³/mol. The summed E-state index contributed by atoms with van der Waals surface area (Å²) in [4.78, 5) is 16.2. The van der Waals surface area contributed by atoms with Crippen molar-refractivity contribution in [3.05, 3.63) is 18.0 Å². The Morgan fingerprint density at radius 3 is 2.50 bits per heavy atom. The fraction of sp³-hybridized carbons (Fsp3) is 0.500. The molecule has 0 aliphatic carbocycles. The molecule has 0 radical (unpaired) electrons. The van der Waals surface area contributed by atoms with Crippen LogP contribution in [0.1, 0.15) is 32.5 Å². The minimum absolute atomic E-state index is 0.127. The number of unbranched alkanes of at least 4 members (excludes halogenated alkanes) is 1. The average Bonchev–Trinajstić information content (AvgIpc) is 3.11. The highest BCUT2D eigenvalue weighted by atomic mass is 16.6. The van der Waals surface area contributed by atoms with Gasteiger partial charge in [-0.15, -0.1) is 10.2 Å². The standard InChI is InChI=1S/C20H28N6O4/c1-12(2)30-20(27)22-9-7-6-8-21-18-19-25-24-13(3)26(19)15-11-17(29-5)16(28-4)10-14(15)23-18/h10-12H,6-9H2,1-5H3,(H,21,23)(H,22,27). The van der Waals surface area contributed by atoms with Crippen LogP contribution in [-0.4, -0.2) is 59.1 Å². The second-order valence-electron chi connectivity index (χ2n) is 7.08. The molecule has 0 spiro atoms. The summed E-state index contributed by atoms with van der Waals surface area (Å²) in [5, 5.41) is 14.5. The van der Waals surface area contributed by atoms with Crippen molar-refractivity contribution in [1.82, 2.24) is 24.9 Å². The van der Waals surface area contributed by atoms with Crippen molar-refractivity contribution in [3.8, 4) is 11.5 Å². The Morgan fingerprint density at radius 2 is 1.80 bits per heavy atom. The predicted octanol–water partition coefficient (Wildman–Crippen LogP) is 2.93. The fourth-order valence-electron chi connectivity index (χ4n) is 3.12. The van der Waals surface area contributed by atoms with Gasteiger partial charge in [0.15, 0.2) is 17.3 Å². The van der Waals surface area contributed by atoms with Gasteiger partial charge in [-0.2, -0.15) is 0 Å². The minimum atomic E-state index is -0.390. The lowest BCUT2D eigenvalue weighted by Crippen LogP contribution is -2.27. The van der Waals surface area contributed by atoms with E-state index in [-0.39, 0.29) is 12.2 Å². The lowest BCUT2D eigenvalue weighted by Gasteiger charge is -2.13. The van der Waals surface area contributed by atoms with E-state index in [1.54, 1.807) is 14.2 Å². The third kappa shape index (κ3) is 4.64. The number of hydrogen-bond donors (Lipinski definition) is 2. The van der Waals surface area contributed by atoms with E-state index in [0.717, 1.165) is 29.7 Å². The maximum Gasteiger partial charge on any atom is 0.407 e. The van der Waals surface area contributed by atoms with Gasteiger partial charge in [-0.1, -0.05) is 0 Å². The molecule has 0 aliphatic rings. The second-order valence-corrected chi connectivity index (χ2v) is 7.08. The number of nitrogens with one attached hydrogen (secondary N) is 2. The first-order chi connectivity index (χ1) is 14.4. The molecular formula is C20H28N6O4. The Balaban J connectivity index is 1.72. The molecule has 0 fully saturated rings. The van der Waals surface area contributed by atoms with Gasteiger partial charge in [0, 0.05) is 25.2 Å². The molecule has 3 rings (SSSR count). The number of fused-ring (bicyclic) bond motifs is 3. The molecule has 30 heavy (non-hydrogen) atoms. The number of carbonyl (C=O) groups excluding carboxylic acids is 1. The molecule has 3 aromatic rings. The third-order valence-electron chi connectivity index (χ3n) is 4.50. The van der Waals surface area contributed by atoms with Gasteiger partial charge in [0.25, 0.3) is 0 Å².